The van der Waals surface area contributed by atoms with Gasteiger partial charge >= 0.3 is 11.9 Å². The summed E-state index contributed by atoms with van der Waals surface area (Å²) in [6.07, 6.45) is 2.84. The Kier molecular flexibility index (Phi) is 6.95. The Labute approximate surface area is 146 Å². The van der Waals surface area contributed by atoms with Gasteiger partial charge in [0.1, 0.15) is 11.4 Å². The molecule has 0 bridgehead atoms. The van der Waals surface area contributed by atoms with Crippen molar-refractivity contribution in [2.45, 2.75) is 26.2 Å². The number of nitrogens with zero attached hydrogens (tertiary/aromatic N) is 1. The van der Waals surface area contributed by atoms with Crippen molar-refractivity contribution in [1.29, 1.82) is 0 Å². The third-order valence-corrected chi connectivity index (χ3v) is 3.42. The molecule has 0 N–H and O–H groups in total. The van der Waals surface area contributed by atoms with Gasteiger partial charge in [0, 0.05) is 0 Å². The van der Waals surface area contributed by atoms with Gasteiger partial charge in [-0.2, -0.15) is 0 Å². The summed E-state index contributed by atoms with van der Waals surface area (Å²) in [5, 5.41) is 0. The van der Waals surface area contributed by atoms with Crippen molar-refractivity contribution < 1.29 is 23.8 Å². The highest BCUT2D eigenvalue weighted by Crippen LogP contribution is 2.26. The molecule has 6 heteroatoms. The predicted octanol–water partition coefficient (Wildman–Crippen LogP) is 3.66. The average Bonchev–Trinajstić information content (AvgIpc) is 2.65. The molecule has 1 aromatic carbocycles. The van der Waals surface area contributed by atoms with E-state index in [0.29, 0.717) is 12.4 Å². The fourth-order valence-corrected chi connectivity index (χ4v) is 2.11. The summed E-state index contributed by atoms with van der Waals surface area (Å²) in [5.41, 5.74) is 0.0971. The van der Waals surface area contributed by atoms with Gasteiger partial charge in [-0.05, 0) is 30.7 Å². The molecular weight excluding hydrogens is 322 g/mol. The second kappa shape index (κ2) is 9.42. The summed E-state index contributed by atoms with van der Waals surface area (Å²) in [4.78, 5) is 28.3. The Bertz CT molecular complexity index is 729. The van der Waals surface area contributed by atoms with E-state index in [9.17, 15) is 9.59 Å². The van der Waals surface area contributed by atoms with Gasteiger partial charge in [0.15, 0.2) is 11.5 Å². The van der Waals surface area contributed by atoms with Crippen molar-refractivity contribution in [3.8, 4) is 11.5 Å². The minimum atomic E-state index is -0.676. The van der Waals surface area contributed by atoms with E-state index in [0.717, 1.165) is 19.3 Å². The molecule has 0 aliphatic rings. The molecule has 6 nitrogen and oxygen atoms in total. The highest BCUT2D eigenvalue weighted by atomic mass is 16.6. The first-order valence-corrected chi connectivity index (χ1v) is 8.15. The second-order valence-corrected chi connectivity index (χ2v) is 5.29. The normalized spacial score (nSPS) is 10.2. The van der Waals surface area contributed by atoms with Gasteiger partial charge < -0.3 is 14.2 Å². The number of ether oxygens (including phenoxy) is 3. The number of esters is 2. The number of aromatic nitrogens is 1. The van der Waals surface area contributed by atoms with Crippen LogP contribution in [0.2, 0.25) is 0 Å². The molecule has 1 heterocycles. The zero-order chi connectivity index (χ0) is 18.1. The molecule has 25 heavy (non-hydrogen) atoms. The molecule has 2 aromatic rings. The van der Waals surface area contributed by atoms with Crippen molar-refractivity contribution in [2.75, 3.05) is 13.7 Å². The lowest BCUT2D eigenvalue weighted by atomic mass is 10.2. The number of methoxy groups -OCH3 is 1. The average molecular weight is 343 g/mol. The first kappa shape index (κ1) is 18.4. The molecule has 0 saturated carbocycles. The van der Waals surface area contributed by atoms with Crippen LogP contribution in [0.15, 0.2) is 42.5 Å². The molecule has 0 amide bonds. The highest BCUT2D eigenvalue weighted by molar-refractivity contribution is 5.92. The summed E-state index contributed by atoms with van der Waals surface area (Å²) in [6.45, 7) is 2.41. The largest absolute Gasteiger partial charge is 0.493 e. The lowest BCUT2D eigenvalue weighted by Crippen LogP contribution is -2.15. The van der Waals surface area contributed by atoms with Gasteiger partial charge in [0.2, 0.25) is 0 Å². The minimum Gasteiger partial charge on any atom is -0.493 e. The fraction of sp³-hybridized carbons (Fsp3) is 0.316. The zero-order valence-corrected chi connectivity index (χ0v) is 14.4. The van der Waals surface area contributed by atoms with E-state index in [-0.39, 0.29) is 17.1 Å². The van der Waals surface area contributed by atoms with Crippen LogP contribution >= 0.6 is 0 Å². The van der Waals surface area contributed by atoms with Crippen molar-refractivity contribution in [1.82, 2.24) is 4.98 Å². The fourth-order valence-electron chi connectivity index (χ4n) is 2.11. The summed E-state index contributed by atoms with van der Waals surface area (Å²) >= 11 is 0. The van der Waals surface area contributed by atoms with E-state index in [1.807, 2.05) is 0 Å². The van der Waals surface area contributed by atoms with Gasteiger partial charge in [0.25, 0.3) is 0 Å². The zero-order valence-electron chi connectivity index (χ0n) is 14.4. The topological polar surface area (TPSA) is 74.7 Å². The maximum atomic E-state index is 12.3. The van der Waals surface area contributed by atoms with Crippen LogP contribution in [0.1, 0.15) is 47.2 Å². The Morgan fingerprint density at radius 2 is 1.60 bits per heavy atom. The lowest BCUT2D eigenvalue weighted by molar-refractivity contribution is 0.0491. The summed E-state index contributed by atoms with van der Waals surface area (Å²) < 4.78 is 15.6. The number of pyridine rings is 1. The van der Waals surface area contributed by atoms with E-state index in [4.69, 9.17) is 14.2 Å². The first-order valence-electron chi connectivity index (χ1n) is 8.15. The van der Waals surface area contributed by atoms with Crippen LogP contribution in [-0.2, 0) is 4.74 Å². The van der Waals surface area contributed by atoms with E-state index < -0.39 is 11.9 Å². The molecule has 2 rings (SSSR count). The van der Waals surface area contributed by atoms with Gasteiger partial charge in [-0.25, -0.2) is 14.6 Å². The van der Waals surface area contributed by atoms with Gasteiger partial charge in [-0.3, -0.25) is 0 Å². The molecule has 0 fully saturated rings. The Balaban J connectivity index is 2.04. The third-order valence-electron chi connectivity index (χ3n) is 3.42. The number of hydrogen-bond donors (Lipinski definition) is 0. The number of carbonyl (C=O) groups is 2. The molecule has 0 aliphatic carbocycles. The van der Waals surface area contributed by atoms with E-state index >= 15 is 0 Å². The number of hydrogen-bond acceptors (Lipinski definition) is 6. The highest BCUT2D eigenvalue weighted by Gasteiger charge is 2.16. The number of unbranched alkanes of at least 4 members (excludes halogenated alkanes) is 2. The SMILES string of the molecule is CCCCCOC(=O)c1cccc(C(=O)Oc2ccccc2OC)n1. The molecule has 0 saturated heterocycles. The Morgan fingerprint density at radius 1 is 0.920 bits per heavy atom. The monoisotopic (exact) mass is 343 g/mol. The van der Waals surface area contributed by atoms with Crippen molar-refractivity contribution >= 4 is 11.9 Å². The molecule has 132 valence electrons. The molecule has 1 aromatic heterocycles. The van der Waals surface area contributed by atoms with Crippen molar-refractivity contribution in [3.05, 3.63) is 53.9 Å². The number of para-hydroxylation sites is 2. The van der Waals surface area contributed by atoms with Crippen molar-refractivity contribution in [3.63, 3.8) is 0 Å². The van der Waals surface area contributed by atoms with Crippen molar-refractivity contribution in [2.24, 2.45) is 0 Å². The lowest BCUT2D eigenvalue weighted by Gasteiger charge is -2.09. The minimum absolute atomic E-state index is 0.0221. The second-order valence-electron chi connectivity index (χ2n) is 5.29. The van der Waals surface area contributed by atoms with E-state index in [1.54, 1.807) is 30.3 Å². The molecule has 0 atom stereocenters. The van der Waals surface area contributed by atoms with Crippen LogP contribution in [0.5, 0.6) is 11.5 Å². The maximum Gasteiger partial charge on any atom is 0.362 e. The van der Waals surface area contributed by atoms with E-state index in [1.165, 1.54) is 19.2 Å². The van der Waals surface area contributed by atoms with Crippen LogP contribution in [0.4, 0.5) is 0 Å². The Morgan fingerprint density at radius 3 is 2.28 bits per heavy atom. The van der Waals surface area contributed by atoms with Crippen LogP contribution in [0.25, 0.3) is 0 Å². The van der Waals surface area contributed by atoms with Gasteiger partial charge in [-0.15, -0.1) is 0 Å². The molecule has 0 aliphatic heterocycles. The van der Waals surface area contributed by atoms with Gasteiger partial charge in [-0.1, -0.05) is 38.0 Å². The number of rotatable bonds is 8. The van der Waals surface area contributed by atoms with Crippen LogP contribution < -0.4 is 9.47 Å². The van der Waals surface area contributed by atoms with Crippen LogP contribution in [0.3, 0.4) is 0 Å². The standard InChI is InChI=1S/C19H21NO5/c1-3-4-7-13-24-18(21)14-9-8-10-15(20-14)19(22)25-17-12-6-5-11-16(17)23-2/h5-6,8-12H,3-4,7,13H2,1-2H3. The van der Waals surface area contributed by atoms with Gasteiger partial charge in [0.05, 0.1) is 13.7 Å². The quantitative estimate of drug-likeness (QED) is 0.414. The van der Waals surface area contributed by atoms with Crippen LogP contribution in [0, 0.1) is 0 Å². The molecule has 0 spiro atoms. The predicted molar refractivity (Wildman–Crippen MR) is 92.0 cm³/mol. The number of carbonyl (C=O) groups excluding carboxylic acids is 2. The number of benzene rings is 1. The van der Waals surface area contributed by atoms with Crippen LogP contribution in [-0.4, -0.2) is 30.6 Å². The first-order chi connectivity index (χ1) is 12.2. The molecule has 0 radical (unpaired) electrons. The molecule has 0 unspecified atom stereocenters. The van der Waals surface area contributed by atoms with E-state index in [2.05, 4.69) is 11.9 Å². The Hall–Kier alpha value is -2.89. The maximum absolute atomic E-state index is 12.3. The third kappa shape index (κ3) is 5.31. The smallest absolute Gasteiger partial charge is 0.362 e. The summed E-state index contributed by atoms with van der Waals surface area (Å²) in [7, 11) is 1.49. The summed E-state index contributed by atoms with van der Waals surface area (Å²) in [5.74, 6) is -0.514. The molecular formula is C19H21NO5. The summed E-state index contributed by atoms with van der Waals surface area (Å²) in [6, 6.07) is 11.3.